The molecule has 0 bridgehead atoms. The number of anilines is 2. The number of aryl methyl sites for hydroxylation is 1. The van der Waals surface area contributed by atoms with Crippen molar-refractivity contribution < 1.29 is 5.11 Å². The van der Waals surface area contributed by atoms with Gasteiger partial charge in [-0.25, -0.2) is 4.98 Å². The highest BCUT2D eigenvalue weighted by Crippen LogP contribution is 2.28. The summed E-state index contributed by atoms with van der Waals surface area (Å²) in [5, 5.41) is 13.5. The zero-order valence-corrected chi connectivity index (χ0v) is 10.2. The predicted molar refractivity (Wildman–Crippen MR) is 67.7 cm³/mol. The Morgan fingerprint density at radius 2 is 2.06 bits per heavy atom. The average molecular weight is 236 g/mol. The Kier molecular flexibility index (Phi) is 3.47. The molecule has 0 atom stereocenters. The zero-order valence-electron chi connectivity index (χ0n) is 10.2. The SMILES string of the molecule is Cc1cc(NCC2(O)CCCCC2)nc(N)n1. The molecule has 1 aromatic heterocycles. The molecule has 5 heteroatoms. The zero-order chi connectivity index (χ0) is 12.3. The number of nitrogens with two attached hydrogens (primary N) is 1. The Bertz CT molecular complexity index is 368. The predicted octanol–water partition coefficient (Wildman–Crippen LogP) is 1.47. The standard InChI is InChI=1S/C12H20N4O/c1-9-7-10(16-11(13)15-9)14-8-12(17)5-3-2-4-6-12/h7,17H,2-6,8H2,1H3,(H3,13,14,15,16). The molecule has 0 unspecified atom stereocenters. The van der Waals surface area contributed by atoms with Crippen LogP contribution in [-0.4, -0.2) is 27.2 Å². The number of hydrogen-bond donors (Lipinski definition) is 3. The van der Waals surface area contributed by atoms with Crippen LogP contribution in [0, 0.1) is 6.92 Å². The van der Waals surface area contributed by atoms with Crippen molar-refractivity contribution in [3.63, 3.8) is 0 Å². The monoisotopic (exact) mass is 236 g/mol. The third-order valence-electron chi connectivity index (χ3n) is 3.25. The van der Waals surface area contributed by atoms with Gasteiger partial charge in [0.05, 0.1) is 5.60 Å². The highest BCUT2D eigenvalue weighted by molar-refractivity contribution is 5.40. The average Bonchev–Trinajstić information content (AvgIpc) is 2.26. The Morgan fingerprint density at radius 1 is 1.35 bits per heavy atom. The molecule has 0 spiro atoms. The highest BCUT2D eigenvalue weighted by Gasteiger charge is 2.28. The van der Waals surface area contributed by atoms with Crippen molar-refractivity contribution >= 4 is 11.8 Å². The first kappa shape index (κ1) is 12.1. The highest BCUT2D eigenvalue weighted by atomic mass is 16.3. The molecule has 2 rings (SSSR count). The molecule has 5 nitrogen and oxygen atoms in total. The van der Waals surface area contributed by atoms with Crippen LogP contribution in [0.5, 0.6) is 0 Å². The van der Waals surface area contributed by atoms with Crippen LogP contribution in [0.25, 0.3) is 0 Å². The topological polar surface area (TPSA) is 84.1 Å². The first-order chi connectivity index (χ1) is 8.07. The van der Waals surface area contributed by atoms with Crippen LogP contribution in [-0.2, 0) is 0 Å². The van der Waals surface area contributed by atoms with E-state index in [0.717, 1.165) is 31.4 Å². The first-order valence-electron chi connectivity index (χ1n) is 6.15. The molecule has 17 heavy (non-hydrogen) atoms. The fourth-order valence-electron chi connectivity index (χ4n) is 2.32. The van der Waals surface area contributed by atoms with E-state index in [0.29, 0.717) is 12.4 Å². The van der Waals surface area contributed by atoms with Crippen LogP contribution in [0.2, 0.25) is 0 Å². The van der Waals surface area contributed by atoms with Crippen LogP contribution in [0.15, 0.2) is 6.07 Å². The molecule has 1 aromatic rings. The van der Waals surface area contributed by atoms with Crippen molar-refractivity contribution in [3.8, 4) is 0 Å². The third-order valence-corrected chi connectivity index (χ3v) is 3.25. The van der Waals surface area contributed by atoms with Crippen LogP contribution >= 0.6 is 0 Å². The number of nitrogens with zero attached hydrogens (tertiary/aromatic N) is 2. The van der Waals surface area contributed by atoms with E-state index in [1.54, 1.807) is 0 Å². The van der Waals surface area contributed by atoms with E-state index in [1.807, 2.05) is 13.0 Å². The molecule has 1 heterocycles. The summed E-state index contributed by atoms with van der Waals surface area (Å²) >= 11 is 0. The van der Waals surface area contributed by atoms with Gasteiger partial charge in [-0.15, -0.1) is 0 Å². The van der Waals surface area contributed by atoms with Crippen LogP contribution < -0.4 is 11.1 Å². The minimum absolute atomic E-state index is 0.267. The van der Waals surface area contributed by atoms with E-state index in [9.17, 15) is 5.11 Å². The second kappa shape index (κ2) is 4.87. The second-order valence-corrected chi connectivity index (χ2v) is 4.89. The maximum Gasteiger partial charge on any atom is 0.222 e. The van der Waals surface area contributed by atoms with Crippen molar-refractivity contribution in [2.24, 2.45) is 0 Å². The van der Waals surface area contributed by atoms with Gasteiger partial charge < -0.3 is 16.2 Å². The maximum absolute atomic E-state index is 10.3. The fourth-order valence-corrected chi connectivity index (χ4v) is 2.32. The Balaban J connectivity index is 1.96. The molecule has 0 saturated heterocycles. The third kappa shape index (κ3) is 3.30. The lowest BCUT2D eigenvalue weighted by Gasteiger charge is -2.32. The number of nitrogens with one attached hydrogen (secondary N) is 1. The molecular weight excluding hydrogens is 216 g/mol. The van der Waals surface area contributed by atoms with Crippen molar-refractivity contribution in [3.05, 3.63) is 11.8 Å². The number of hydrogen-bond acceptors (Lipinski definition) is 5. The molecule has 0 amide bonds. The number of aliphatic hydroxyl groups is 1. The molecule has 4 N–H and O–H groups in total. The van der Waals surface area contributed by atoms with Gasteiger partial charge in [0.25, 0.3) is 0 Å². The molecule has 94 valence electrons. The normalized spacial score (nSPS) is 18.9. The summed E-state index contributed by atoms with van der Waals surface area (Å²) in [6.07, 6.45) is 5.15. The maximum atomic E-state index is 10.3. The minimum Gasteiger partial charge on any atom is -0.388 e. The summed E-state index contributed by atoms with van der Waals surface area (Å²) in [5.74, 6) is 0.956. The van der Waals surface area contributed by atoms with Gasteiger partial charge in [-0.1, -0.05) is 19.3 Å². The van der Waals surface area contributed by atoms with Crippen LogP contribution in [0.4, 0.5) is 11.8 Å². The van der Waals surface area contributed by atoms with Gasteiger partial charge in [-0.05, 0) is 19.8 Å². The molecular formula is C12H20N4O. The van der Waals surface area contributed by atoms with Crippen LogP contribution in [0.1, 0.15) is 37.8 Å². The van der Waals surface area contributed by atoms with E-state index in [4.69, 9.17) is 5.73 Å². The Hall–Kier alpha value is -1.36. The summed E-state index contributed by atoms with van der Waals surface area (Å²) in [6, 6.07) is 1.84. The lowest BCUT2D eigenvalue weighted by Crippen LogP contribution is -2.39. The van der Waals surface area contributed by atoms with Crippen molar-refractivity contribution in [2.45, 2.75) is 44.6 Å². The summed E-state index contributed by atoms with van der Waals surface area (Å²) in [4.78, 5) is 8.10. The summed E-state index contributed by atoms with van der Waals surface area (Å²) < 4.78 is 0. The van der Waals surface area contributed by atoms with Gasteiger partial charge in [-0.3, -0.25) is 0 Å². The number of aromatic nitrogens is 2. The van der Waals surface area contributed by atoms with E-state index in [-0.39, 0.29) is 5.95 Å². The van der Waals surface area contributed by atoms with E-state index in [2.05, 4.69) is 15.3 Å². The first-order valence-corrected chi connectivity index (χ1v) is 6.15. The van der Waals surface area contributed by atoms with Gasteiger partial charge in [0.1, 0.15) is 5.82 Å². The molecule has 1 aliphatic rings. The van der Waals surface area contributed by atoms with Gasteiger partial charge in [-0.2, -0.15) is 4.98 Å². The smallest absolute Gasteiger partial charge is 0.222 e. The summed E-state index contributed by atoms with van der Waals surface area (Å²) in [5.41, 5.74) is 5.81. The summed E-state index contributed by atoms with van der Waals surface area (Å²) in [7, 11) is 0. The number of nitrogen functional groups attached to an aromatic ring is 1. The molecule has 1 fully saturated rings. The Labute approximate surface area is 101 Å². The van der Waals surface area contributed by atoms with Gasteiger partial charge in [0.15, 0.2) is 0 Å². The van der Waals surface area contributed by atoms with Gasteiger partial charge in [0, 0.05) is 18.3 Å². The Morgan fingerprint density at radius 3 is 2.71 bits per heavy atom. The number of rotatable bonds is 3. The lowest BCUT2D eigenvalue weighted by atomic mass is 9.85. The molecule has 0 aromatic carbocycles. The summed E-state index contributed by atoms with van der Waals surface area (Å²) in [6.45, 7) is 2.40. The molecule has 0 aliphatic heterocycles. The lowest BCUT2D eigenvalue weighted by molar-refractivity contribution is 0.0166. The van der Waals surface area contributed by atoms with Crippen molar-refractivity contribution in [1.82, 2.24) is 9.97 Å². The van der Waals surface area contributed by atoms with E-state index in [1.165, 1.54) is 6.42 Å². The quantitative estimate of drug-likeness (QED) is 0.740. The largest absolute Gasteiger partial charge is 0.388 e. The second-order valence-electron chi connectivity index (χ2n) is 4.89. The van der Waals surface area contributed by atoms with Crippen molar-refractivity contribution in [2.75, 3.05) is 17.6 Å². The molecule has 0 radical (unpaired) electrons. The van der Waals surface area contributed by atoms with Crippen LogP contribution in [0.3, 0.4) is 0 Å². The van der Waals surface area contributed by atoms with Gasteiger partial charge >= 0.3 is 0 Å². The minimum atomic E-state index is -0.591. The van der Waals surface area contributed by atoms with Crippen molar-refractivity contribution in [1.29, 1.82) is 0 Å². The molecule has 1 saturated carbocycles. The molecule has 1 aliphatic carbocycles. The fraction of sp³-hybridized carbons (Fsp3) is 0.667. The van der Waals surface area contributed by atoms with E-state index >= 15 is 0 Å². The van der Waals surface area contributed by atoms with E-state index < -0.39 is 5.60 Å². The van der Waals surface area contributed by atoms with Gasteiger partial charge in [0.2, 0.25) is 5.95 Å².